The van der Waals surface area contributed by atoms with Gasteiger partial charge in [0, 0.05) is 27.5 Å². The van der Waals surface area contributed by atoms with E-state index in [0.29, 0.717) is 28.7 Å². The first-order valence-electron chi connectivity index (χ1n) is 9.37. The number of anilines is 2. The summed E-state index contributed by atoms with van der Waals surface area (Å²) in [5.41, 5.74) is 1.81. The van der Waals surface area contributed by atoms with E-state index in [4.69, 9.17) is 4.42 Å². The Labute approximate surface area is 186 Å². The van der Waals surface area contributed by atoms with Crippen LogP contribution >= 0.6 is 15.9 Å². The van der Waals surface area contributed by atoms with Crippen molar-refractivity contribution in [3.8, 4) is 11.5 Å². The third kappa shape index (κ3) is 4.87. The summed E-state index contributed by atoms with van der Waals surface area (Å²) < 4.78 is 6.46. The van der Waals surface area contributed by atoms with E-state index in [1.54, 1.807) is 49.5 Å². The molecule has 0 saturated heterocycles. The van der Waals surface area contributed by atoms with Gasteiger partial charge in [0.15, 0.2) is 5.69 Å². The number of pyridine rings is 1. The molecular formula is C23H17BrN4O3. The lowest BCUT2D eigenvalue weighted by Gasteiger charge is -2.07. The minimum absolute atomic E-state index is 0.188. The van der Waals surface area contributed by atoms with Crippen LogP contribution in [0.4, 0.5) is 11.5 Å². The fraction of sp³-hybridized carbons (Fsp3) is 0.0435. The van der Waals surface area contributed by atoms with Crippen LogP contribution in [0.5, 0.6) is 0 Å². The van der Waals surface area contributed by atoms with Gasteiger partial charge in [-0.3, -0.25) is 9.59 Å². The van der Waals surface area contributed by atoms with Gasteiger partial charge in [-0.15, -0.1) is 0 Å². The molecule has 0 saturated carbocycles. The van der Waals surface area contributed by atoms with Crippen molar-refractivity contribution in [2.45, 2.75) is 6.92 Å². The third-order valence-electron chi connectivity index (χ3n) is 4.38. The largest absolute Gasteiger partial charge is 0.441 e. The topological polar surface area (TPSA) is 97.1 Å². The van der Waals surface area contributed by atoms with Crippen LogP contribution in [0.1, 0.15) is 26.6 Å². The molecule has 4 aromatic rings. The molecule has 31 heavy (non-hydrogen) atoms. The molecule has 0 aliphatic carbocycles. The lowest BCUT2D eigenvalue weighted by atomic mass is 10.2. The Balaban J connectivity index is 1.49. The predicted molar refractivity (Wildman–Crippen MR) is 121 cm³/mol. The van der Waals surface area contributed by atoms with Gasteiger partial charge >= 0.3 is 0 Å². The van der Waals surface area contributed by atoms with Crippen LogP contribution in [0, 0.1) is 6.92 Å². The number of nitrogens with one attached hydrogen (secondary N) is 2. The van der Waals surface area contributed by atoms with Crippen molar-refractivity contribution in [2.24, 2.45) is 0 Å². The monoisotopic (exact) mass is 476 g/mol. The van der Waals surface area contributed by atoms with Gasteiger partial charge in [0.2, 0.25) is 5.89 Å². The average molecular weight is 477 g/mol. The third-order valence-corrected chi connectivity index (χ3v) is 4.85. The zero-order chi connectivity index (χ0) is 21.8. The van der Waals surface area contributed by atoms with Gasteiger partial charge in [0.25, 0.3) is 11.8 Å². The summed E-state index contributed by atoms with van der Waals surface area (Å²) >= 11 is 3.30. The molecule has 0 unspecified atom stereocenters. The van der Waals surface area contributed by atoms with Crippen LogP contribution < -0.4 is 10.6 Å². The van der Waals surface area contributed by atoms with Gasteiger partial charge in [-0.1, -0.05) is 24.3 Å². The standard InChI is InChI=1S/C23H17BrN4O3/c1-14-20(28-23(31-14)15-6-3-2-4-7-15)22(30)26-18-9-5-8-16(12-18)21(29)27-19-11-10-17(24)13-25-19/h2-13H,1H3,(H,26,30)(H,25,27,29). The molecule has 8 heteroatoms. The van der Waals surface area contributed by atoms with Crippen molar-refractivity contribution >= 4 is 39.2 Å². The second-order valence-corrected chi connectivity index (χ2v) is 7.56. The summed E-state index contributed by atoms with van der Waals surface area (Å²) in [6, 6.07) is 19.4. The van der Waals surface area contributed by atoms with E-state index in [0.717, 1.165) is 10.0 Å². The molecule has 2 aromatic heterocycles. The van der Waals surface area contributed by atoms with Crippen LogP contribution in [0.2, 0.25) is 0 Å². The molecule has 0 fully saturated rings. The number of nitrogens with zero attached hydrogens (tertiary/aromatic N) is 2. The quantitative estimate of drug-likeness (QED) is 0.406. The zero-order valence-electron chi connectivity index (χ0n) is 16.4. The summed E-state index contributed by atoms with van der Waals surface area (Å²) in [6.07, 6.45) is 1.59. The summed E-state index contributed by atoms with van der Waals surface area (Å²) in [5.74, 6) is 0.449. The van der Waals surface area contributed by atoms with Crippen LogP contribution in [-0.2, 0) is 0 Å². The number of aryl methyl sites for hydroxylation is 1. The highest BCUT2D eigenvalue weighted by Crippen LogP contribution is 2.22. The van der Waals surface area contributed by atoms with E-state index in [1.165, 1.54) is 0 Å². The van der Waals surface area contributed by atoms with Gasteiger partial charge < -0.3 is 15.1 Å². The zero-order valence-corrected chi connectivity index (χ0v) is 18.0. The number of halogens is 1. The number of rotatable bonds is 5. The first-order valence-corrected chi connectivity index (χ1v) is 10.2. The van der Waals surface area contributed by atoms with Crippen LogP contribution in [0.3, 0.4) is 0 Å². The Morgan fingerprint density at radius 3 is 2.48 bits per heavy atom. The Bertz CT molecular complexity index is 1240. The minimum atomic E-state index is -0.421. The molecule has 0 aliphatic rings. The number of amides is 2. The van der Waals surface area contributed by atoms with Crippen molar-refractivity contribution in [1.29, 1.82) is 0 Å². The summed E-state index contributed by atoms with van der Waals surface area (Å²) in [7, 11) is 0. The minimum Gasteiger partial charge on any atom is -0.441 e. The molecule has 7 nitrogen and oxygen atoms in total. The second kappa shape index (κ2) is 8.93. The first kappa shape index (κ1) is 20.5. The summed E-state index contributed by atoms with van der Waals surface area (Å²) in [6.45, 7) is 1.68. The first-order chi connectivity index (χ1) is 15.0. The molecule has 2 aromatic carbocycles. The van der Waals surface area contributed by atoms with Gasteiger partial charge in [-0.2, -0.15) is 0 Å². The normalized spacial score (nSPS) is 10.5. The molecule has 0 bridgehead atoms. The Morgan fingerprint density at radius 2 is 1.74 bits per heavy atom. The Morgan fingerprint density at radius 1 is 0.935 bits per heavy atom. The van der Waals surface area contributed by atoms with Crippen molar-refractivity contribution < 1.29 is 14.0 Å². The van der Waals surface area contributed by atoms with Crippen LogP contribution in [0.25, 0.3) is 11.5 Å². The fourth-order valence-electron chi connectivity index (χ4n) is 2.88. The van der Waals surface area contributed by atoms with Crippen molar-refractivity contribution in [1.82, 2.24) is 9.97 Å². The predicted octanol–water partition coefficient (Wildman–Crippen LogP) is 5.31. The van der Waals surface area contributed by atoms with Crippen molar-refractivity contribution in [2.75, 3.05) is 10.6 Å². The van der Waals surface area contributed by atoms with E-state index < -0.39 is 5.91 Å². The number of oxazole rings is 1. The van der Waals surface area contributed by atoms with E-state index >= 15 is 0 Å². The SMILES string of the molecule is Cc1oc(-c2ccccc2)nc1C(=O)Nc1cccc(C(=O)Nc2ccc(Br)cn2)c1. The molecule has 0 radical (unpaired) electrons. The lowest BCUT2D eigenvalue weighted by Crippen LogP contribution is -2.16. The molecule has 2 heterocycles. The van der Waals surface area contributed by atoms with E-state index in [2.05, 4.69) is 36.5 Å². The molecule has 2 amide bonds. The number of carbonyl (C=O) groups excluding carboxylic acids is 2. The second-order valence-electron chi connectivity index (χ2n) is 6.64. The van der Waals surface area contributed by atoms with E-state index in [1.807, 2.05) is 30.3 Å². The number of carbonyl (C=O) groups is 2. The van der Waals surface area contributed by atoms with Gasteiger partial charge in [-0.05, 0) is 65.3 Å². The highest BCUT2D eigenvalue weighted by molar-refractivity contribution is 9.10. The molecular weight excluding hydrogens is 460 g/mol. The highest BCUT2D eigenvalue weighted by atomic mass is 79.9. The molecule has 4 rings (SSSR count). The van der Waals surface area contributed by atoms with Crippen molar-refractivity contribution in [3.05, 3.63) is 94.4 Å². The average Bonchev–Trinajstić information content (AvgIpc) is 3.18. The summed E-state index contributed by atoms with van der Waals surface area (Å²) in [4.78, 5) is 33.7. The lowest BCUT2D eigenvalue weighted by molar-refractivity contribution is 0.101. The van der Waals surface area contributed by atoms with E-state index in [-0.39, 0.29) is 11.6 Å². The van der Waals surface area contributed by atoms with E-state index in [9.17, 15) is 9.59 Å². The van der Waals surface area contributed by atoms with Gasteiger partial charge in [0.1, 0.15) is 11.6 Å². The van der Waals surface area contributed by atoms with Gasteiger partial charge in [0.05, 0.1) is 0 Å². The summed E-state index contributed by atoms with van der Waals surface area (Å²) in [5, 5.41) is 5.48. The Hall–Kier alpha value is -3.78. The molecule has 0 spiro atoms. The maximum Gasteiger partial charge on any atom is 0.277 e. The molecule has 0 atom stereocenters. The molecule has 0 aliphatic heterocycles. The Kier molecular flexibility index (Phi) is 5.90. The maximum atomic E-state index is 12.7. The molecule has 2 N–H and O–H groups in total. The maximum absolute atomic E-state index is 12.7. The number of hydrogen-bond acceptors (Lipinski definition) is 5. The van der Waals surface area contributed by atoms with Crippen molar-refractivity contribution in [3.63, 3.8) is 0 Å². The number of hydrogen-bond donors (Lipinski definition) is 2. The van der Waals surface area contributed by atoms with Gasteiger partial charge in [-0.25, -0.2) is 9.97 Å². The molecule has 154 valence electrons. The number of benzene rings is 2. The number of aromatic nitrogens is 2. The van der Waals surface area contributed by atoms with Crippen LogP contribution in [-0.4, -0.2) is 21.8 Å². The fourth-order valence-corrected chi connectivity index (χ4v) is 3.11. The smallest absolute Gasteiger partial charge is 0.277 e. The van der Waals surface area contributed by atoms with Crippen LogP contribution in [0.15, 0.2) is 81.8 Å². The highest BCUT2D eigenvalue weighted by Gasteiger charge is 2.18.